The second kappa shape index (κ2) is 5.38. The van der Waals surface area contributed by atoms with Crippen LogP contribution in [0.2, 0.25) is 0 Å². The maximum Gasteiger partial charge on any atom is 0.138 e. The second-order valence-electron chi connectivity index (χ2n) is 4.63. The zero-order valence-electron chi connectivity index (χ0n) is 10.2. The van der Waals surface area contributed by atoms with E-state index in [9.17, 15) is 10.2 Å². The third-order valence-electron chi connectivity index (χ3n) is 3.12. The molecular formula is C13H20N2O2. The molecule has 0 radical (unpaired) electrons. The number of aliphatic hydroxyl groups excluding tert-OH is 1. The van der Waals surface area contributed by atoms with Crippen LogP contribution < -0.4 is 4.90 Å². The van der Waals surface area contributed by atoms with Crippen molar-refractivity contribution < 1.29 is 10.2 Å². The van der Waals surface area contributed by atoms with E-state index in [1.165, 1.54) is 0 Å². The number of para-hydroxylation sites is 2. The predicted octanol–water partition coefficient (Wildman–Crippen LogP) is 0.895. The van der Waals surface area contributed by atoms with Gasteiger partial charge in [0.05, 0.1) is 11.8 Å². The molecule has 0 bridgehead atoms. The summed E-state index contributed by atoms with van der Waals surface area (Å²) >= 11 is 0. The quantitative estimate of drug-likeness (QED) is 0.818. The van der Waals surface area contributed by atoms with Gasteiger partial charge in [0.1, 0.15) is 5.75 Å². The summed E-state index contributed by atoms with van der Waals surface area (Å²) in [7, 11) is 0. The van der Waals surface area contributed by atoms with E-state index in [1.807, 2.05) is 25.1 Å². The minimum Gasteiger partial charge on any atom is -0.506 e. The smallest absolute Gasteiger partial charge is 0.138 e. The van der Waals surface area contributed by atoms with Gasteiger partial charge in [-0.3, -0.25) is 4.90 Å². The van der Waals surface area contributed by atoms with Gasteiger partial charge in [0.2, 0.25) is 0 Å². The molecule has 4 nitrogen and oxygen atoms in total. The van der Waals surface area contributed by atoms with Gasteiger partial charge in [-0.1, -0.05) is 12.1 Å². The number of β-amino-alcohol motifs (C(OH)–C–C–N with tert-alkyl or cyclic N) is 1. The number of aromatic hydroxyl groups is 1. The van der Waals surface area contributed by atoms with Gasteiger partial charge in [0.15, 0.2) is 0 Å². The molecule has 2 N–H and O–H groups in total. The first-order chi connectivity index (χ1) is 8.16. The van der Waals surface area contributed by atoms with E-state index in [0.29, 0.717) is 5.75 Å². The molecule has 1 heterocycles. The molecule has 1 fully saturated rings. The Kier molecular flexibility index (Phi) is 3.86. The summed E-state index contributed by atoms with van der Waals surface area (Å²) in [6.45, 7) is 6.19. The highest BCUT2D eigenvalue weighted by Gasteiger charge is 2.19. The van der Waals surface area contributed by atoms with Crippen molar-refractivity contribution in [2.24, 2.45) is 0 Å². The molecule has 1 unspecified atom stereocenters. The fraction of sp³-hybridized carbons (Fsp3) is 0.538. The summed E-state index contributed by atoms with van der Waals surface area (Å²) in [5.41, 5.74) is 0.907. The van der Waals surface area contributed by atoms with Crippen LogP contribution in [-0.2, 0) is 0 Å². The highest BCUT2D eigenvalue weighted by atomic mass is 16.3. The van der Waals surface area contributed by atoms with Crippen LogP contribution in [-0.4, -0.2) is 53.9 Å². The van der Waals surface area contributed by atoms with Gasteiger partial charge in [-0.15, -0.1) is 0 Å². The number of hydrogen-bond donors (Lipinski definition) is 2. The lowest BCUT2D eigenvalue weighted by Crippen LogP contribution is -2.48. The van der Waals surface area contributed by atoms with Gasteiger partial charge in [0, 0.05) is 32.7 Å². The molecule has 0 aliphatic carbocycles. The standard InChI is InChI=1S/C13H20N2O2/c1-11(16)10-14-6-8-15(9-7-14)12-4-2-3-5-13(12)17/h2-5,11,16-17H,6-10H2,1H3. The maximum absolute atomic E-state index is 9.78. The van der Waals surface area contributed by atoms with Crippen molar-refractivity contribution in [3.8, 4) is 5.75 Å². The number of phenolic OH excluding ortho intramolecular Hbond substituents is 1. The fourth-order valence-electron chi connectivity index (χ4n) is 2.28. The number of aliphatic hydroxyl groups is 1. The molecule has 0 spiro atoms. The summed E-state index contributed by atoms with van der Waals surface area (Å²) in [6, 6.07) is 7.44. The average molecular weight is 236 g/mol. The van der Waals surface area contributed by atoms with Crippen LogP contribution >= 0.6 is 0 Å². The van der Waals surface area contributed by atoms with Crippen LogP contribution in [0.15, 0.2) is 24.3 Å². The van der Waals surface area contributed by atoms with E-state index < -0.39 is 0 Å². The van der Waals surface area contributed by atoms with Crippen molar-refractivity contribution in [1.82, 2.24) is 4.90 Å². The van der Waals surface area contributed by atoms with Crippen LogP contribution in [0.5, 0.6) is 5.75 Å². The van der Waals surface area contributed by atoms with Crippen LogP contribution in [0.25, 0.3) is 0 Å². The van der Waals surface area contributed by atoms with Gasteiger partial charge in [-0.25, -0.2) is 0 Å². The van der Waals surface area contributed by atoms with Gasteiger partial charge >= 0.3 is 0 Å². The SMILES string of the molecule is CC(O)CN1CCN(c2ccccc2O)CC1. The third kappa shape index (κ3) is 3.11. The zero-order chi connectivity index (χ0) is 12.3. The molecule has 4 heteroatoms. The summed E-state index contributed by atoms with van der Waals surface area (Å²) in [5, 5.41) is 19.1. The number of benzene rings is 1. The molecule has 1 aliphatic heterocycles. The zero-order valence-corrected chi connectivity index (χ0v) is 10.2. The van der Waals surface area contributed by atoms with E-state index in [0.717, 1.165) is 38.4 Å². The van der Waals surface area contributed by atoms with Gasteiger partial charge < -0.3 is 15.1 Å². The fourth-order valence-corrected chi connectivity index (χ4v) is 2.28. The lowest BCUT2D eigenvalue weighted by atomic mass is 10.2. The number of phenols is 1. The molecule has 1 aromatic carbocycles. The number of piperazine rings is 1. The number of rotatable bonds is 3. The highest BCUT2D eigenvalue weighted by Crippen LogP contribution is 2.27. The van der Waals surface area contributed by atoms with Crippen LogP contribution in [0, 0.1) is 0 Å². The molecule has 17 heavy (non-hydrogen) atoms. The Bertz CT molecular complexity index is 360. The lowest BCUT2D eigenvalue weighted by Gasteiger charge is -2.36. The van der Waals surface area contributed by atoms with Crippen molar-refractivity contribution in [3.05, 3.63) is 24.3 Å². The van der Waals surface area contributed by atoms with E-state index in [1.54, 1.807) is 6.07 Å². The van der Waals surface area contributed by atoms with Crippen molar-refractivity contribution >= 4 is 5.69 Å². The Morgan fingerprint density at radius 3 is 2.41 bits per heavy atom. The Morgan fingerprint density at radius 1 is 1.18 bits per heavy atom. The highest BCUT2D eigenvalue weighted by molar-refractivity contribution is 5.57. The van der Waals surface area contributed by atoms with Gasteiger partial charge in [-0.2, -0.15) is 0 Å². The van der Waals surface area contributed by atoms with Crippen molar-refractivity contribution in [1.29, 1.82) is 0 Å². The molecule has 1 saturated heterocycles. The van der Waals surface area contributed by atoms with Crippen LogP contribution in [0.4, 0.5) is 5.69 Å². The Balaban J connectivity index is 1.93. The first-order valence-electron chi connectivity index (χ1n) is 6.10. The lowest BCUT2D eigenvalue weighted by molar-refractivity contribution is 0.122. The molecule has 0 saturated carbocycles. The predicted molar refractivity (Wildman–Crippen MR) is 68.4 cm³/mol. The van der Waals surface area contributed by atoms with Crippen molar-refractivity contribution in [3.63, 3.8) is 0 Å². The summed E-state index contributed by atoms with van der Waals surface area (Å²) in [4.78, 5) is 4.44. The minimum atomic E-state index is -0.272. The van der Waals surface area contributed by atoms with Crippen LogP contribution in [0.3, 0.4) is 0 Å². The largest absolute Gasteiger partial charge is 0.506 e. The van der Waals surface area contributed by atoms with E-state index in [2.05, 4.69) is 9.80 Å². The maximum atomic E-state index is 9.78. The minimum absolute atomic E-state index is 0.272. The number of nitrogens with zero attached hydrogens (tertiary/aromatic N) is 2. The summed E-state index contributed by atoms with van der Waals surface area (Å²) < 4.78 is 0. The Labute approximate surface area is 102 Å². The van der Waals surface area contributed by atoms with Gasteiger partial charge in [0.25, 0.3) is 0 Å². The first-order valence-corrected chi connectivity index (χ1v) is 6.10. The Morgan fingerprint density at radius 2 is 1.82 bits per heavy atom. The second-order valence-corrected chi connectivity index (χ2v) is 4.63. The number of hydrogen-bond acceptors (Lipinski definition) is 4. The molecular weight excluding hydrogens is 216 g/mol. The molecule has 1 aromatic rings. The van der Waals surface area contributed by atoms with E-state index >= 15 is 0 Å². The first kappa shape index (κ1) is 12.2. The van der Waals surface area contributed by atoms with Crippen LogP contribution in [0.1, 0.15) is 6.92 Å². The molecule has 2 rings (SSSR count). The normalized spacial score (nSPS) is 19.3. The number of anilines is 1. The van der Waals surface area contributed by atoms with Crippen molar-refractivity contribution in [2.45, 2.75) is 13.0 Å². The monoisotopic (exact) mass is 236 g/mol. The summed E-state index contributed by atoms with van der Waals surface area (Å²) in [6.07, 6.45) is -0.272. The van der Waals surface area contributed by atoms with Gasteiger partial charge in [-0.05, 0) is 19.1 Å². The molecule has 1 atom stereocenters. The molecule has 94 valence electrons. The Hall–Kier alpha value is -1.26. The molecule has 1 aliphatic rings. The van der Waals surface area contributed by atoms with Crippen molar-refractivity contribution in [2.75, 3.05) is 37.6 Å². The molecule has 0 aromatic heterocycles. The van der Waals surface area contributed by atoms with E-state index in [-0.39, 0.29) is 6.10 Å². The van der Waals surface area contributed by atoms with E-state index in [4.69, 9.17) is 0 Å². The topological polar surface area (TPSA) is 46.9 Å². The third-order valence-corrected chi connectivity index (χ3v) is 3.12. The summed E-state index contributed by atoms with van der Waals surface area (Å²) in [5.74, 6) is 0.344. The molecule has 0 amide bonds. The average Bonchev–Trinajstić information content (AvgIpc) is 2.30.